The van der Waals surface area contributed by atoms with Crippen LogP contribution in [0.3, 0.4) is 0 Å². The van der Waals surface area contributed by atoms with Crippen molar-refractivity contribution in [2.45, 2.75) is 12.5 Å². The van der Waals surface area contributed by atoms with Crippen LogP contribution in [0.5, 0.6) is 11.5 Å². The molecule has 0 aliphatic rings. The predicted octanol–water partition coefficient (Wildman–Crippen LogP) is 1.55. The van der Waals surface area contributed by atoms with E-state index in [1.807, 2.05) is 6.26 Å². The number of hydrogen-bond acceptors (Lipinski definition) is 5. The minimum atomic E-state index is -0.529. The van der Waals surface area contributed by atoms with Crippen LogP contribution >= 0.6 is 11.8 Å². The number of carbonyl (C=O) groups excluding carboxylic acids is 1. The number of aliphatic hydroxyl groups is 1. The Morgan fingerprint density at radius 3 is 2.40 bits per heavy atom. The molecule has 0 radical (unpaired) electrons. The molecule has 0 heterocycles. The summed E-state index contributed by atoms with van der Waals surface area (Å²) in [6.07, 6.45) is 2.11. The molecule has 0 aliphatic carbocycles. The number of carbonyl (C=O) groups is 1. The first-order chi connectivity index (χ1) is 9.60. The lowest BCUT2D eigenvalue weighted by Gasteiger charge is -2.12. The third-order valence-corrected chi connectivity index (χ3v) is 3.41. The smallest absolute Gasteiger partial charge is 0.251 e. The average Bonchev–Trinajstić information content (AvgIpc) is 2.49. The van der Waals surface area contributed by atoms with Gasteiger partial charge in [-0.05, 0) is 30.6 Å². The Hall–Kier alpha value is -1.40. The van der Waals surface area contributed by atoms with E-state index in [1.165, 1.54) is 14.2 Å². The van der Waals surface area contributed by atoms with Gasteiger partial charge in [-0.3, -0.25) is 4.79 Å². The summed E-state index contributed by atoms with van der Waals surface area (Å²) in [6, 6.07) is 4.96. The first-order valence-corrected chi connectivity index (χ1v) is 7.68. The van der Waals surface area contributed by atoms with Crippen LogP contribution in [0.25, 0.3) is 0 Å². The predicted molar refractivity (Wildman–Crippen MR) is 80.9 cm³/mol. The topological polar surface area (TPSA) is 67.8 Å². The van der Waals surface area contributed by atoms with Crippen LogP contribution in [0.15, 0.2) is 18.2 Å². The molecular formula is C14H21NO4S. The summed E-state index contributed by atoms with van der Waals surface area (Å²) >= 11 is 1.66. The number of aliphatic hydroxyl groups excluding tert-OH is 1. The third-order valence-electron chi connectivity index (χ3n) is 2.77. The SMILES string of the molecule is COc1cc(OC)cc(C(=O)NCC(O)CCSC)c1. The Morgan fingerprint density at radius 2 is 1.90 bits per heavy atom. The molecular weight excluding hydrogens is 278 g/mol. The average molecular weight is 299 g/mol. The quantitative estimate of drug-likeness (QED) is 0.762. The van der Waals surface area contributed by atoms with Gasteiger partial charge in [0, 0.05) is 18.2 Å². The van der Waals surface area contributed by atoms with E-state index in [2.05, 4.69) is 5.32 Å². The van der Waals surface area contributed by atoms with Gasteiger partial charge in [0.25, 0.3) is 5.91 Å². The van der Waals surface area contributed by atoms with Gasteiger partial charge in [-0.15, -0.1) is 0 Å². The molecule has 0 bridgehead atoms. The zero-order valence-corrected chi connectivity index (χ0v) is 12.8. The monoisotopic (exact) mass is 299 g/mol. The number of amides is 1. The Kier molecular flexibility index (Phi) is 7.25. The van der Waals surface area contributed by atoms with E-state index in [0.29, 0.717) is 23.5 Å². The van der Waals surface area contributed by atoms with Gasteiger partial charge < -0.3 is 19.9 Å². The fourth-order valence-electron chi connectivity index (χ4n) is 1.61. The zero-order valence-electron chi connectivity index (χ0n) is 12.0. The Balaban J connectivity index is 2.62. The van der Waals surface area contributed by atoms with Crippen LogP contribution in [-0.4, -0.2) is 49.9 Å². The van der Waals surface area contributed by atoms with E-state index < -0.39 is 6.10 Å². The molecule has 1 aromatic carbocycles. The number of hydrogen-bond donors (Lipinski definition) is 2. The van der Waals surface area contributed by atoms with Crippen LogP contribution in [0.2, 0.25) is 0 Å². The molecule has 1 unspecified atom stereocenters. The Morgan fingerprint density at radius 1 is 1.30 bits per heavy atom. The summed E-state index contributed by atoms with van der Waals surface area (Å²) < 4.78 is 10.2. The highest BCUT2D eigenvalue weighted by Crippen LogP contribution is 2.22. The summed E-state index contributed by atoms with van der Waals surface area (Å²) in [6.45, 7) is 0.235. The first kappa shape index (κ1) is 16.7. The highest BCUT2D eigenvalue weighted by Gasteiger charge is 2.11. The highest BCUT2D eigenvalue weighted by atomic mass is 32.2. The van der Waals surface area contributed by atoms with E-state index in [0.717, 1.165) is 5.75 Å². The molecule has 2 N–H and O–H groups in total. The van der Waals surface area contributed by atoms with Crippen molar-refractivity contribution in [3.05, 3.63) is 23.8 Å². The lowest BCUT2D eigenvalue weighted by molar-refractivity contribution is 0.0914. The van der Waals surface area contributed by atoms with Crippen molar-refractivity contribution in [1.29, 1.82) is 0 Å². The maximum atomic E-state index is 12.0. The van der Waals surface area contributed by atoms with E-state index in [1.54, 1.807) is 30.0 Å². The van der Waals surface area contributed by atoms with Crippen molar-refractivity contribution in [2.24, 2.45) is 0 Å². The Labute approximate surface area is 123 Å². The largest absolute Gasteiger partial charge is 0.497 e. The summed E-state index contributed by atoms with van der Waals surface area (Å²) in [4.78, 5) is 12.0. The summed E-state index contributed by atoms with van der Waals surface area (Å²) in [5.74, 6) is 1.71. The molecule has 1 amide bonds. The van der Waals surface area contributed by atoms with E-state index in [-0.39, 0.29) is 12.5 Å². The van der Waals surface area contributed by atoms with Crippen LogP contribution in [-0.2, 0) is 0 Å². The molecule has 0 aliphatic heterocycles. The van der Waals surface area contributed by atoms with Crippen molar-refractivity contribution in [1.82, 2.24) is 5.32 Å². The highest BCUT2D eigenvalue weighted by molar-refractivity contribution is 7.98. The minimum absolute atomic E-state index is 0.235. The number of methoxy groups -OCH3 is 2. The van der Waals surface area contributed by atoms with Gasteiger partial charge in [-0.1, -0.05) is 0 Å². The number of thioether (sulfide) groups is 1. The fraction of sp³-hybridized carbons (Fsp3) is 0.500. The third kappa shape index (κ3) is 5.30. The van der Waals surface area contributed by atoms with Gasteiger partial charge in [0.05, 0.1) is 20.3 Å². The van der Waals surface area contributed by atoms with Gasteiger partial charge in [-0.2, -0.15) is 11.8 Å². The van der Waals surface area contributed by atoms with Crippen LogP contribution < -0.4 is 14.8 Å². The van der Waals surface area contributed by atoms with E-state index in [9.17, 15) is 9.90 Å². The molecule has 0 saturated heterocycles. The van der Waals surface area contributed by atoms with Crippen LogP contribution in [0, 0.1) is 0 Å². The normalized spacial score (nSPS) is 11.8. The van der Waals surface area contributed by atoms with Crippen LogP contribution in [0.1, 0.15) is 16.8 Å². The number of nitrogens with one attached hydrogen (secondary N) is 1. The molecule has 0 aromatic heterocycles. The van der Waals surface area contributed by atoms with Gasteiger partial charge in [0.2, 0.25) is 0 Å². The molecule has 0 fully saturated rings. The fourth-order valence-corrected chi connectivity index (χ4v) is 2.11. The van der Waals surface area contributed by atoms with Crippen LogP contribution in [0.4, 0.5) is 0 Å². The minimum Gasteiger partial charge on any atom is -0.497 e. The number of rotatable bonds is 8. The summed E-state index contributed by atoms with van der Waals surface area (Å²) in [5, 5.41) is 12.4. The molecule has 0 saturated carbocycles. The lowest BCUT2D eigenvalue weighted by atomic mass is 10.1. The van der Waals surface area contributed by atoms with Crippen molar-refractivity contribution >= 4 is 17.7 Å². The lowest BCUT2D eigenvalue weighted by Crippen LogP contribution is -2.32. The van der Waals surface area contributed by atoms with Gasteiger partial charge in [-0.25, -0.2) is 0 Å². The number of benzene rings is 1. The van der Waals surface area contributed by atoms with Gasteiger partial charge in [0.1, 0.15) is 11.5 Å². The molecule has 1 rings (SSSR count). The van der Waals surface area contributed by atoms with E-state index >= 15 is 0 Å². The molecule has 20 heavy (non-hydrogen) atoms. The second-order valence-corrected chi connectivity index (χ2v) is 5.23. The maximum absolute atomic E-state index is 12.0. The Bertz CT molecular complexity index is 417. The van der Waals surface area contributed by atoms with Crippen molar-refractivity contribution in [3.63, 3.8) is 0 Å². The second-order valence-electron chi connectivity index (χ2n) is 4.25. The van der Waals surface area contributed by atoms with Crippen molar-refractivity contribution in [3.8, 4) is 11.5 Å². The molecule has 1 aromatic rings. The molecule has 112 valence electrons. The number of ether oxygens (including phenoxy) is 2. The molecule has 5 nitrogen and oxygen atoms in total. The summed E-state index contributed by atoms with van der Waals surface area (Å²) in [5.41, 5.74) is 0.443. The van der Waals surface area contributed by atoms with E-state index in [4.69, 9.17) is 9.47 Å². The van der Waals surface area contributed by atoms with Gasteiger partial charge >= 0.3 is 0 Å². The second kappa shape index (κ2) is 8.71. The first-order valence-electron chi connectivity index (χ1n) is 6.29. The zero-order chi connectivity index (χ0) is 15.0. The molecule has 0 spiro atoms. The van der Waals surface area contributed by atoms with Crippen molar-refractivity contribution < 1.29 is 19.4 Å². The van der Waals surface area contributed by atoms with Crippen molar-refractivity contribution in [2.75, 3.05) is 32.8 Å². The standard InChI is InChI=1S/C14H21NO4S/c1-18-12-6-10(7-13(8-12)19-2)14(17)15-9-11(16)4-5-20-3/h6-8,11,16H,4-5,9H2,1-3H3,(H,15,17). The maximum Gasteiger partial charge on any atom is 0.251 e. The molecule has 1 atom stereocenters. The molecule has 6 heteroatoms. The van der Waals surface area contributed by atoms with Gasteiger partial charge in [0.15, 0.2) is 0 Å². The summed E-state index contributed by atoms with van der Waals surface area (Å²) in [7, 11) is 3.06.